The van der Waals surface area contributed by atoms with Gasteiger partial charge in [-0.05, 0) is 50.2 Å². The van der Waals surface area contributed by atoms with E-state index in [1.807, 2.05) is 0 Å². The SMILES string of the molecule is CCN1CCN(CCCCN=C(N)Nc2ccc(OC(F)(F)F)cc2)CC1.I. The zero-order valence-electron chi connectivity index (χ0n) is 16.0. The maximum atomic E-state index is 12.1. The molecule has 0 amide bonds. The Kier molecular flexibility index (Phi) is 10.9. The van der Waals surface area contributed by atoms with Gasteiger partial charge in [-0.25, -0.2) is 0 Å². The summed E-state index contributed by atoms with van der Waals surface area (Å²) in [6, 6.07) is 5.36. The molecule has 1 aromatic carbocycles. The number of ether oxygens (including phenoxy) is 1. The van der Waals surface area contributed by atoms with Crippen molar-refractivity contribution < 1.29 is 17.9 Å². The minimum atomic E-state index is -4.70. The number of likely N-dealkylation sites (N-methyl/N-ethyl adjacent to an activating group) is 1. The highest BCUT2D eigenvalue weighted by molar-refractivity contribution is 14.0. The molecule has 0 saturated carbocycles. The van der Waals surface area contributed by atoms with E-state index in [9.17, 15) is 13.2 Å². The van der Waals surface area contributed by atoms with E-state index in [1.165, 1.54) is 24.3 Å². The van der Waals surface area contributed by atoms with Crippen molar-refractivity contribution in [3.8, 4) is 5.75 Å². The van der Waals surface area contributed by atoms with Crippen molar-refractivity contribution in [1.29, 1.82) is 0 Å². The lowest BCUT2D eigenvalue weighted by molar-refractivity contribution is -0.274. The summed E-state index contributed by atoms with van der Waals surface area (Å²) >= 11 is 0. The molecule has 160 valence electrons. The van der Waals surface area contributed by atoms with Gasteiger partial charge in [0.1, 0.15) is 5.75 Å². The Balaban J connectivity index is 0.00000392. The molecule has 1 fully saturated rings. The van der Waals surface area contributed by atoms with Gasteiger partial charge >= 0.3 is 6.36 Å². The summed E-state index contributed by atoms with van der Waals surface area (Å²) in [5.41, 5.74) is 6.37. The first-order valence-corrected chi connectivity index (χ1v) is 9.23. The maximum Gasteiger partial charge on any atom is 0.573 e. The quantitative estimate of drug-likeness (QED) is 0.241. The lowest BCUT2D eigenvalue weighted by atomic mass is 10.2. The number of hydrogen-bond donors (Lipinski definition) is 2. The second-order valence-corrected chi connectivity index (χ2v) is 6.45. The molecular weight excluding hydrogens is 486 g/mol. The number of nitrogens with zero attached hydrogens (tertiary/aromatic N) is 3. The number of rotatable bonds is 8. The van der Waals surface area contributed by atoms with Crippen molar-refractivity contribution in [1.82, 2.24) is 9.80 Å². The Morgan fingerprint density at radius 3 is 2.29 bits per heavy atom. The van der Waals surface area contributed by atoms with E-state index in [4.69, 9.17) is 5.73 Å². The number of halogens is 4. The number of guanidine groups is 1. The predicted molar refractivity (Wildman–Crippen MR) is 116 cm³/mol. The molecule has 2 rings (SSSR count). The van der Waals surface area contributed by atoms with Crippen LogP contribution in [-0.2, 0) is 0 Å². The fourth-order valence-electron chi connectivity index (χ4n) is 2.90. The van der Waals surface area contributed by atoms with Crippen LogP contribution >= 0.6 is 24.0 Å². The van der Waals surface area contributed by atoms with E-state index in [0.29, 0.717) is 12.2 Å². The van der Waals surface area contributed by atoms with Gasteiger partial charge in [-0.1, -0.05) is 6.92 Å². The lowest BCUT2D eigenvalue weighted by Gasteiger charge is -2.33. The standard InChI is InChI=1S/C18H28F3N5O.HI/c1-2-25-11-13-26(14-12-25)10-4-3-9-23-17(22)24-15-5-7-16(8-6-15)27-18(19,20)21;/h5-8H,2-4,9-14H2,1H3,(H3,22,23,24);1H. The van der Waals surface area contributed by atoms with Gasteiger partial charge in [-0.15, -0.1) is 37.1 Å². The maximum absolute atomic E-state index is 12.1. The predicted octanol–water partition coefficient (Wildman–Crippen LogP) is 3.35. The van der Waals surface area contributed by atoms with Crippen LogP contribution in [0.3, 0.4) is 0 Å². The number of alkyl halides is 3. The number of benzene rings is 1. The summed E-state index contributed by atoms with van der Waals surface area (Å²) in [5.74, 6) is -0.0284. The number of anilines is 1. The second kappa shape index (κ2) is 12.3. The van der Waals surface area contributed by atoms with Crippen molar-refractivity contribution >= 4 is 35.6 Å². The summed E-state index contributed by atoms with van der Waals surface area (Å²) in [5, 5.41) is 2.86. The number of nitrogens with two attached hydrogens (primary N) is 1. The molecule has 1 aliphatic heterocycles. The van der Waals surface area contributed by atoms with Gasteiger partial charge < -0.3 is 25.6 Å². The monoisotopic (exact) mass is 515 g/mol. The van der Waals surface area contributed by atoms with Crippen molar-refractivity contribution in [2.75, 3.05) is 51.1 Å². The Hall–Kier alpha value is -1.27. The van der Waals surface area contributed by atoms with Crippen LogP contribution in [0.2, 0.25) is 0 Å². The lowest BCUT2D eigenvalue weighted by Crippen LogP contribution is -2.46. The molecule has 0 bridgehead atoms. The molecule has 0 atom stereocenters. The fourth-order valence-corrected chi connectivity index (χ4v) is 2.90. The smallest absolute Gasteiger partial charge is 0.406 e. The molecule has 0 aliphatic carbocycles. The zero-order valence-corrected chi connectivity index (χ0v) is 18.4. The first-order valence-electron chi connectivity index (χ1n) is 9.23. The Morgan fingerprint density at radius 1 is 1.11 bits per heavy atom. The largest absolute Gasteiger partial charge is 0.573 e. The van der Waals surface area contributed by atoms with E-state index in [2.05, 4.69) is 31.8 Å². The van der Waals surface area contributed by atoms with Crippen LogP contribution in [0, 0.1) is 0 Å². The van der Waals surface area contributed by atoms with Crippen LogP contribution in [0.25, 0.3) is 0 Å². The van der Waals surface area contributed by atoms with E-state index in [-0.39, 0.29) is 35.7 Å². The normalized spacial score (nSPS) is 16.5. The highest BCUT2D eigenvalue weighted by Crippen LogP contribution is 2.23. The van der Waals surface area contributed by atoms with Gasteiger partial charge in [0, 0.05) is 38.4 Å². The van der Waals surface area contributed by atoms with E-state index >= 15 is 0 Å². The Labute approximate surface area is 181 Å². The zero-order chi connectivity index (χ0) is 19.7. The van der Waals surface area contributed by atoms with E-state index < -0.39 is 6.36 Å². The van der Waals surface area contributed by atoms with Crippen LogP contribution in [-0.4, -0.2) is 67.9 Å². The van der Waals surface area contributed by atoms with Crippen LogP contribution in [0.4, 0.5) is 18.9 Å². The number of unbranched alkanes of at least 4 members (excludes halogenated alkanes) is 1. The summed E-state index contributed by atoms with van der Waals surface area (Å²) in [4.78, 5) is 9.18. The van der Waals surface area contributed by atoms with Gasteiger partial charge in [-0.3, -0.25) is 4.99 Å². The molecule has 1 saturated heterocycles. The van der Waals surface area contributed by atoms with Crippen LogP contribution in [0.1, 0.15) is 19.8 Å². The topological polar surface area (TPSA) is 66.1 Å². The fraction of sp³-hybridized carbons (Fsp3) is 0.611. The highest BCUT2D eigenvalue weighted by atomic mass is 127. The molecule has 1 aliphatic rings. The van der Waals surface area contributed by atoms with Crippen LogP contribution in [0.5, 0.6) is 5.75 Å². The third-order valence-corrected chi connectivity index (χ3v) is 4.44. The van der Waals surface area contributed by atoms with Gasteiger partial charge in [0.25, 0.3) is 0 Å². The minimum absolute atomic E-state index is 0. The second-order valence-electron chi connectivity index (χ2n) is 6.45. The van der Waals surface area contributed by atoms with Gasteiger partial charge in [0.15, 0.2) is 5.96 Å². The van der Waals surface area contributed by atoms with Crippen molar-refractivity contribution in [3.63, 3.8) is 0 Å². The Morgan fingerprint density at radius 2 is 1.71 bits per heavy atom. The molecule has 6 nitrogen and oxygen atoms in total. The van der Waals surface area contributed by atoms with Gasteiger partial charge in [0.2, 0.25) is 0 Å². The number of hydrogen-bond acceptors (Lipinski definition) is 4. The molecule has 1 aromatic rings. The van der Waals surface area contributed by atoms with Crippen LogP contribution in [0.15, 0.2) is 29.3 Å². The first kappa shape index (κ1) is 24.8. The molecule has 0 aromatic heterocycles. The molecule has 0 radical (unpaired) electrons. The third-order valence-electron chi connectivity index (χ3n) is 4.44. The molecule has 3 N–H and O–H groups in total. The number of aliphatic imine (C=N–C) groups is 1. The van der Waals surface area contributed by atoms with Crippen molar-refractivity contribution in [3.05, 3.63) is 24.3 Å². The summed E-state index contributed by atoms with van der Waals surface area (Å²) < 4.78 is 40.2. The molecule has 10 heteroatoms. The minimum Gasteiger partial charge on any atom is -0.406 e. The molecule has 0 spiro atoms. The third kappa shape index (κ3) is 9.78. The Bertz CT molecular complexity index is 590. The summed E-state index contributed by atoms with van der Waals surface area (Å²) in [6.45, 7) is 9.51. The molecule has 28 heavy (non-hydrogen) atoms. The van der Waals surface area contributed by atoms with E-state index in [1.54, 1.807) is 0 Å². The average Bonchev–Trinajstić information content (AvgIpc) is 2.62. The summed E-state index contributed by atoms with van der Waals surface area (Å²) in [7, 11) is 0. The van der Waals surface area contributed by atoms with Crippen molar-refractivity contribution in [2.45, 2.75) is 26.1 Å². The molecule has 0 unspecified atom stereocenters. The van der Waals surface area contributed by atoms with Crippen molar-refractivity contribution in [2.24, 2.45) is 10.7 Å². The summed E-state index contributed by atoms with van der Waals surface area (Å²) in [6.07, 6.45) is -2.69. The van der Waals surface area contributed by atoms with Crippen LogP contribution < -0.4 is 15.8 Å². The van der Waals surface area contributed by atoms with Gasteiger partial charge in [-0.2, -0.15) is 0 Å². The first-order chi connectivity index (χ1) is 12.9. The molecule has 1 heterocycles. The van der Waals surface area contributed by atoms with E-state index in [0.717, 1.165) is 52.1 Å². The van der Waals surface area contributed by atoms with Gasteiger partial charge in [0.05, 0.1) is 0 Å². The average molecular weight is 515 g/mol. The molecular formula is C18H29F3IN5O. The highest BCUT2D eigenvalue weighted by Gasteiger charge is 2.30. The number of nitrogens with one attached hydrogen (secondary N) is 1. The number of piperazine rings is 1.